The van der Waals surface area contributed by atoms with E-state index in [9.17, 15) is 0 Å². The molecule has 1 aromatic carbocycles. The number of nitrogen functional groups attached to an aromatic ring is 1. The number of rotatable bonds is 2. The van der Waals surface area contributed by atoms with E-state index in [-0.39, 0.29) is 0 Å². The number of fused-ring (bicyclic) bond motifs is 1. The number of hydrogen-bond donors (Lipinski definition) is 1. The summed E-state index contributed by atoms with van der Waals surface area (Å²) in [5, 5.41) is 9.78. The first-order valence-corrected chi connectivity index (χ1v) is 6.76. The topological polar surface area (TPSA) is 61.7 Å². The van der Waals surface area contributed by atoms with E-state index in [0.717, 1.165) is 26.8 Å². The lowest BCUT2D eigenvalue weighted by Crippen LogP contribution is -2.07. The second-order valence-corrected chi connectivity index (χ2v) is 5.32. The van der Waals surface area contributed by atoms with Gasteiger partial charge in [-0.15, -0.1) is 0 Å². The van der Waals surface area contributed by atoms with Crippen LogP contribution in [0.1, 0.15) is 11.4 Å². The molecule has 2 heterocycles. The van der Waals surface area contributed by atoms with Gasteiger partial charge in [0.15, 0.2) is 5.82 Å². The van der Waals surface area contributed by atoms with Crippen LogP contribution in [0.5, 0.6) is 0 Å². The van der Waals surface area contributed by atoms with Crippen LogP contribution in [0.15, 0.2) is 28.7 Å². The second-order valence-electron chi connectivity index (χ2n) is 4.53. The summed E-state index contributed by atoms with van der Waals surface area (Å²) in [6, 6.07) is 7.96. The summed E-state index contributed by atoms with van der Waals surface area (Å²) in [6.45, 7) is 2.61. The number of halogens is 1. The van der Waals surface area contributed by atoms with Crippen LogP contribution in [0.25, 0.3) is 10.9 Å². The number of hydrogen-bond acceptors (Lipinski definition) is 3. The van der Waals surface area contributed by atoms with Crippen molar-refractivity contribution in [3.05, 3.63) is 40.1 Å². The van der Waals surface area contributed by atoms with Gasteiger partial charge in [-0.3, -0.25) is 9.36 Å². The lowest BCUT2D eigenvalue weighted by molar-refractivity contribution is 0.632. The van der Waals surface area contributed by atoms with Gasteiger partial charge in [-0.1, -0.05) is 12.1 Å². The zero-order chi connectivity index (χ0) is 13.6. The maximum Gasteiger partial charge on any atom is 0.153 e. The largest absolute Gasteiger partial charge is 0.382 e. The van der Waals surface area contributed by atoms with Crippen molar-refractivity contribution >= 4 is 32.7 Å². The quantitative estimate of drug-likeness (QED) is 0.789. The molecule has 0 aliphatic rings. The molecule has 98 valence electrons. The standard InChI is InChI=1S/C13H14BrN5/c1-8-12(14)11(18(2)16-8)7-19-10-6-4-3-5-9(10)13(15)17-19/h3-6H,7H2,1-2H3,(H2,15,17). The predicted octanol–water partition coefficient (Wildman–Crippen LogP) is 2.47. The smallest absolute Gasteiger partial charge is 0.153 e. The van der Waals surface area contributed by atoms with Gasteiger partial charge in [-0.2, -0.15) is 10.2 Å². The van der Waals surface area contributed by atoms with Crippen LogP contribution in [0.3, 0.4) is 0 Å². The number of nitrogens with two attached hydrogens (primary N) is 1. The van der Waals surface area contributed by atoms with E-state index in [1.54, 1.807) is 0 Å². The highest BCUT2D eigenvalue weighted by atomic mass is 79.9. The Morgan fingerprint density at radius 3 is 2.68 bits per heavy atom. The summed E-state index contributed by atoms with van der Waals surface area (Å²) in [7, 11) is 1.93. The van der Waals surface area contributed by atoms with Crippen LogP contribution in [0.2, 0.25) is 0 Å². The summed E-state index contributed by atoms with van der Waals surface area (Å²) in [5.41, 5.74) is 9.03. The third-order valence-corrected chi connectivity index (χ3v) is 4.28. The van der Waals surface area contributed by atoms with Crippen molar-refractivity contribution in [1.29, 1.82) is 0 Å². The molecular formula is C13H14BrN5. The molecule has 3 aromatic rings. The van der Waals surface area contributed by atoms with Gasteiger partial charge >= 0.3 is 0 Å². The number of para-hydroxylation sites is 1. The molecule has 0 bridgehead atoms. The molecule has 19 heavy (non-hydrogen) atoms. The minimum Gasteiger partial charge on any atom is -0.382 e. The van der Waals surface area contributed by atoms with E-state index in [1.807, 2.05) is 47.6 Å². The normalized spacial score (nSPS) is 11.3. The van der Waals surface area contributed by atoms with Gasteiger partial charge in [0.05, 0.1) is 27.9 Å². The molecule has 0 fully saturated rings. The Kier molecular flexibility index (Phi) is 2.82. The first-order chi connectivity index (χ1) is 9.08. The minimum atomic E-state index is 0.561. The average Bonchev–Trinajstić information content (AvgIpc) is 2.83. The van der Waals surface area contributed by atoms with E-state index in [4.69, 9.17) is 5.73 Å². The Bertz CT molecular complexity index is 756. The van der Waals surface area contributed by atoms with Gasteiger partial charge in [0.1, 0.15) is 0 Å². The molecule has 0 unspecified atom stereocenters. The molecule has 0 aliphatic carbocycles. The average molecular weight is 320 g/mol. The van der Waals surface area contributed by atoms with Crippen molar-refractivity contribution in [3.8, 4) is 0 Å². The number of nitrogens with zero attached hydrogens (tertiary/aromatic N) is 4. The molecule has 6 heteroatoms. The Hall–Kier alpha value is -1.82. The fourth-order valence-electron chi connectivity index (χ4n) is 2.27. The highest BCUT2D eigenvalue weighted by molar-refractivity contribution is 9.10. The number of anilines is 1. The maximum absolute atomic E-state index is 5.95. The maximum atomic E-state index is 5.95. The lowest BCUT2D eigenvalue weighted by atomic mass is 10.2. The lowest BCUT2D eigenvalue weighted by Gasteiger charge is -2.05. The molecule has 0 aliphatic heterocycles. The van der Waals surface area contributed by atoms with Gasteiger partial charge in [-0.25, -0.2) is 0 Å². The second kappa shape index (κ2) is 4.38. The molecule has 0 saturated carbocycles. The SMILES string of the molecule is Cc1nn(C)c(Cn2nc(N)c3ccccc32)c1Br. The molecule has 5 nitrogen and oxygen atoms in total. The van der Waals surface area contributed by atoms with Crippen molar-refractivity contribution < 1.29 is 0 Å². The fourth-order valence-corrected chi connectivity index (χ4v) is 2.73. The summed E-state index contributed by atoms with van der Waals surface area (Å²) in [4.78, 5) is 0. The van der Waals surface area contributed by atoms with Crippen LogP contribution in [-0.4, -0.2) is 19.6 Å². The van der Waals surface area contributed by atoms with Gasteiger partial charge in [0, 0.05) is 12.4 Å². The van der Waals surface area contributed by atoms with Gasteiger partial charge < -0.3 is 5.73 Å². The predicted molar refractivity (Wildman–Crippen MR) is 78.9 cm³/mol. The molecule has 0 saturated heterocycles. The monoisotopic (exact) mass is 319 g/mol. The Morgan fingerprint density at radius 1 is 1.26 bits per heavy atom. The molecule has 3 rings (SSSR count). The Balaban J connectivity index is 2.11. The number of aryl methyl sites for hydroxylation is 2. The van der Waals surface area contributed by atoms with Crippen molar-refractivity contribution in [1.82, 2.24) is 19.6 Å². The molecule has 0 radical (unpaired) electrons. The molecule has 0 spiro atoms. The van der Waals surface area contributed by atoms with Crippen molar-refractivity contribution in [2.45, 2.75) is 13.5 Å². The van der Waals surface area contributed by atoms with Gasteiger partial charge in [0.2, 0.25) is 0 Å². The van der Waals surface area contributed by atoms with E-state index in [1.165, 1.54) is 0 Å². The van der Waals surface area contributed by atoms with Crippen molar-refractivity contribution in [2.75, 3.05) is 5.73 Å². The van der Waals surface area contributed by atoms with Gasteiger partial charge in [0.25, 0.3) is 0 Å². The summed E-state index contributed by atoms with van der Waals surface area (Å²) in [6.07, 6.45) is 0. The number of aromatic nitrogens is 4. The zero-order valence-corrected chi connectivity index (χ0v) is 12.3. The molecule has 0 amide bonds. The highest BCUT2D eigenvalue weighted by Crippen LogP contribution is 2.24. The van der Waals surface area contributed by atoms with Crippen LogP contribution in [0.4, 0.5) is 5.82 Å². The first-order valence-electron chi connectivity index (χ1n) is 5.97. The Labute approximate surface area is 119 Å². The zero-order valence-electron chi connectivity index (χ0n) is 10.8. The summed E-state index contributed by atoms with van der Waals surface area (Å²) >= 11 is 3.57. The van der Waals surface area contributed by atoms with Crippen LogP contribution in [-0.2, 0) is 13.6 Å². The molecule has 2 N–H and O–H groups in total. The first kappa shape index (κ1) is 12.2. The third kappa shape index (κ3) is 1.92. The third-order valence-electron chi connectivity index (χ3n) is 3.25. The molecule has 2 aromatic heterocycles. The molecular weight excluding hydrogens is 306 g/mol. The minimum absolute atomic E-state index is 0.561. The van der Waals surface area contributed by atoms with Crippen LogP contribution < -0.4 is 5.73 Å². The van der Waals surface area contributed by atoms with Gasteiger partial charge in [-0.05, 0) is 35.0 Å². The summed E-state index contributed by atoms with van der Waals surface area (Å²) < 4.78 is 4.80. The van der Waals surface area contributed by atoms with E-state index < -0.39 is 0 Å². The Morgan fingerprint density at radius 2 is 2.00 bits per heavy atom. The van der Waals surface area contributed by atoms with E-state index in [0.29, 0.717) is 12.4 Å². The van der Waals surface area contributed by atoms with Crippen LogP contribution >= 0.6 is 15.9 Å². The molecule has 0 atom stereocenters. The van der Waals surface area contributed by atoms with Crippen molar-refractivity contribution in [2.24, 2.45) is 7.05 Å². The van der Waals surface area contributed by atoms with Crippen LogP contribution in [0, 0.1) is 6.92 Å². The van der Waals surface area contributed by atoms with E-state index in [2.05, 4.69) is 26.1 Å². The summed E-state index contributed by atoms with van der Waals surface area (Å²) in [5.74, 6) is 0.561. The highest BCUT2D eigenvalue weighted by Gasteiger charge is 2.14. The van der Waals surface area contributed by atoms with E-state index >= 15 is 0 Å². The van der Waals surface area contributed by atoms with Crippen molar-refractivity contribution in [3.63, 3.8) is 0 Å². The fraction of sp³-hybridized carbons (Fsp3) is 0.231. The number of benzene rings is 1.